The number of nitrogens with zero attached hydrogens (tertiary/aromatic N) is 3. The summed E-state index contributed by atoms with van der Waals surface area (Å²) < 4.78 is 0. The highest BCUT2D eigenvalue weighted by atomic mass is 32.1. The zero-order valence-electron chi connectivity index (χ0n) is 46.5. The lowest BCUT2D eigenvalue weighted by Crippen LogP contribution is -2.01. The van der Waals surface area contributed by atoms with Gasteiger partial charge in [-0.2, -0.15) is 15.8 Å². The fraction of sp³-hybridized carbons (Fsp3) is 0.493. The van der Waals surface area contributed by atoms with Crippen LogP contribution in [0.5, 0.6) is 0 Å². The second-order valence-corrected chi connectivity index (χ2v) is 23.7. The minimum Gasteiger partial charge on any atom is -0.192 e. The smallest absolute Gasteiger partial charge is 0.0999 e. The van der Waals surface area contributed by atoms with Gasteiger partial charge in [-0.15, -0.1) is 22.7 Å². The minimum absolute atomic E-state index is 0.333. The van der Waals surface area contributed by atoms with E-state index >= 15 is 0 Å². The molecule has 5 heteroatoms. The fourth-order valence-electron chi connectivity index (χ4n) is 11.0. The molecule has 0 amide bonds. The van der Waals surface area contributed by atoms with Crippen molar-refractivity contribution in [2.75, 3.05) is 0 Å². The van der Waals surface area contributed by atoms with Crippen LogP contribution in [-0.2, 0) is 25.7 Å². The van der Waals surface area contributed by atoms with Crippen molar-refractivity contribution in [1.29, 1.82) is 15.8 Å². The molecule has 0 unspecified atom stereocenters. The van der Waals surface area contributed by atoms with Crippen LogP contribution in [0.1, 0.15) is 231 Å². The second kappa shape index (κ2) is 31.6. The molecule has 0 spiro atoms. The molecule has 0 atom stereocenters. The summed E-state index contributed by atoms with van der Waals surface area (Å²) >= 11 is 3.80. The molecule has 0 saturated heterocycles. The van der Waals surface area contributed by atoms with Crippen molar-refractivity contribution in [3.05, 3.63) is 128 Å². The number of benzene rings is 4. The van der Waals surface area contributed by atoms with Gasteiger partial charge in [-0.1, -0.05) is 174 Å². The standard InChI is InChI=1S/C69H87N3S2/c1-7-11-15-19-23-27-31-54-45-63(55(39-51(54)5)32-28-24-20-16-12-8-2)58-42-59(44-60(43-58)69-61(49-71)40-53(48-70)41-62(69)50-72)64-46-57(34-30-26-22-18-14-10-4)65(47-56(64)33-29-25-21-17-13-9-3)66-37-38-68(74-66)67-36-35-52(6)73-67/h35-47H,7-34H2,1-6H3. The third-order valence-electron chi connectivity index (χ3n) is 15.3. The zero-order valence-corrected chi connectivity index (χ0v) is 48.1. The molecule has 0 saturated carbocycles. The number of aryl methyl sites for hydroxylation is 6. The van der Waals surface area contributed by atoms with E-state index in [1.165, 1.54) is 199 Å². The molecule has 2 aromatic heterocycles. The third-order valence-corrected chi connectivity index (χ3v) is 17.6. The molecule has 0 fully saturated rings. The number of thiophene rings is 2. The maximum atomic E-state index is 10.8. The third kappa shape index (κ3) is 16.9. The molecule has 74 heavy (non-hydrogen) atoms. The van der Waals surface area contributed by atoms with E-state index in [0.29, 0.717) is 22.3 Å². The molecule has 0 aliphatic carbocycles. The molecule has 390 valence electrons. The van der Waals surface area contributed by atoms with Crippen LogP contribution in [0.25, 0.3) is 53.6 Å². The molecule has 0 aliphatic heterocycles. The van der Waals surface area contributed by atoms with Gasteiger partial charge in [0.05, 0.1) is 34.9 Å². The Morgan fingerprint density at radius 2 is 0.730 bits per heavy atom. The number of hydrogen-bond acceptors (Lipinski definition) is 5. The lowest BCUT2D eigenvalue weighted by atomic mass is 9.83. The largest absolute Gasteiger partial charge is 0.192 e. The summed E-state index contributed by atoms with van der Waals surface area (Å²) in [5, 5.41) is 31.6. The van der Waals surface area contributed by atoms with Gasteiger partial charge in [0, 0.05) is 25.1 Å². The van der Waals surface area contributed by atoms with Gasteiger partial charge in [0.2, 0.25) is 0 Å². The topological polar surface area (TPSA) is 71.4 Å². The summed E-state index contributed by atoms with van der Waals surface area (Å²) in [6.07, 6.45) is 34.0. The first-order valence-corrected chi connectivity index (χ1v) is 30.9. The van der Waals surface area contributed by atoms with Gasteiger partial charge >= 0.3 is 0 Å². The van der Waals surface area contributed by atoms with Gasteiger partial charge in [-0.05, 0) is 187 Å². The number of unbranched alkanes of at least 4 members (excludes halogenated alkanes) is 20. The van der Waals surface area contributed by atoms with E-state index in [-0.39, 0.29) is 0 Å². The summed E-state index contributed by atoms with van der Waals surface area (Å²) in [6, 6.07) is 36.7. The molecule has 0 radical (unpaired) electrons. The maximum Gasteiger partial charge on any atom is 0.0999 e. The van der Waals surface area contributed by atoms with Gasteiger partial charge in [0.1, 0.15) is 0 Å². The lowest BCUT2D eigenvalue weighted by Gasteiger charge is -2.21. The molecular weight excluding hydrogens is 935 g/mol. The van der Waals surface area contributed by atoms with Crippen LogP contribution in [0.2, 0.25) is 0 Å². The Kier molecular flexibility index (Phi) is 24.8. The summed E-state index contributed by atoms with van der Waals surface area (Å²) in [5.74, 6) is 0. The van der Waals surface area contributed by atoms with E-state index in [1.54, 1.807) is 12.1 Å². The first kappa shape index (κ1) is 58.0. The van der Waals surface area contributed by atoms with E-state index in [9.17, 15) is 15.8 Å². The minimum atomic E-state index is 0.333. The van der Waals surface area contributed by atoms with Crippen LogP contribution < -0.4 is 0 Å². The van der Waals surface area contributed by atoms with Crippen molar-refractivity contribution in [1.82, 2.24) is 0 Å². The van der Waals surface area contributed by atoms with E-state index in [2.05, 4.69) is 126 Å². The first-order valence-electron chi connectivity index (χ1n) is 29.2. The molecule has 3 nitrogen and oxygen atoms in total. The van der Waals surface area contributed by atoms with Crippen LogP contribution in [0.15, 0.2) is 78.9 Å². The Morgan fingerprint density at radius 1 is 0.351 bits per heavy atom. The summed E-state index contributed by atoms with van der Waals surface area (Å²) in [5.41, 5.74) is 15.7. The van der Waals surface area contributed by atoms with Gasteiger partial charge in [0.25, 0.3) is 0 Å². The highest BCUT2D eigenvalue weighted by molar-refractivity contribution is 7.23. The highest BCUT2D eigenvalue weighted by Gasteiger charge is 2.21. The molecule has 0 N–H and O–H groups in total. The predicted molar refractivity (Wildman–Crippen MR) is 321 cm³/mol. The fourth-order valence-corrected chi connectivity index (χ4v) is 13.0. The van der Waals surface area contributed by atoms with Crippen molar-refractivity contribution in [2.45, 2.75) is 221 Å². The van der Waals surface area contributed by atoms with Crippen LogP contribution in [-0.4, -0.2) is 0 Å². The quantitative estimate of drug-likeness (QED) is 0.0386. The maximum absolute atomic E-state index is 10.8. The number of nitriles is 3. The van der Waals surface area contributed by atoms with E-state index in [1.807, 2.05) is 22.7 Å². The molecular formula is C69H87N3S2. The van der Waals surface area contributed by atoms with Crippen molar-refractivity contribution < 1.29 is 0 Å². The molecule has 0 bridgehead atoms. The molecule has 6 rings (SSSR count). The SMILES string of the molecule is CCCCCCCCc1cc(-c2cc(-c3cc(CCCCCCCC)c(-c4ccc(-c5ccc(C)s5)s4)cc3CCCCCCCC)cc(-c3c(C#N)cc(C#N)cc3C#N)c2)c(CCCCCCCC)cc1C. The van der Waals surface area contributed by atoms with Crippen molar-refractivity contribution >= 4 is 22.7 Å². The summed E-state index contributed by atoms with van der Waals surface area (Å²) in [4.78, 5) is 5.34. The molecule has 4 aromatic carbocycles. The summed E-state index contributed by atoms with van der Waals surface area (Å²) in [7, 11) is 0. The average Bonchev–Trinajstić information content (AvgIpc) is 4.10. The Bertz CT molecular complexity index is 2780. The predicted octanol–water partition coefficient (Wildman–Crippen LogP) is 22.0. The Morgan fingerprint density at radius 3 is 1.19 bits per heavy atom. The van der Waals surface area contributed by atoms with Crippen LogP contribution in [0, 0.1) is 47.8 Å². The zero-order chi connectivity index (χ0) is 52.5. The highest BCUT2D eigenvalue weighted by Crippen LogP contribution is 2.44. The van der Waals surface area contributed by atoms with Gasteiger partial charge in [-0.3, -0.25) is 0 Å². The number of rotatable bonds is 33. The number of hydrogen-bond donors (Lipinski definition) is 0. The van der Waals surface area contributed by atoms with Crippen molar-refractivity contribution in [3.63, 3.8) is 0 Å². The molecule has 6 aromatic rings. The van der Waals surface area contributed by atoms with E-state index in [0.717, 1.165) is 61.6 Å². The van der Waals surface area contributed by atoms with Gasteiger partial charge < -0.3 is 0 Å². The second-order valence-electron chi connectivity index (χ2n) is 21.3. The Hall–Kier alpha value is -5.25. The van der Waals surface area contributed by atoms with Crippen molar-refractivity contribution in [3.8, 4) is 71.8 Å². The van der Waals surface area contributed by atoms with Crippen LogP contribution in [0.4, 0.5) is 0 Å². The molecule has 2 heterocycles. The van der Waals surface area contributed by atoms with Crippen LogP contribution >= 0.6 is 22.7 Å². The monoisotopic (exact) mass is 1020 g/mol. The normalized spacial score (nSPS) is 11.2. The van der Waals surface area contributed by atoms with Crippen molar-refractivity contribution in [2.24, 2.45) is 0 Å². The van der Waals surface area contributed by atoms with Crippen LogP contribution in [0.3, 0.4) is 0 Å². The lowest BCUT2D eigenvalue weighted by molar-refractivity contribution is 0.605. The molecule has 0 aliphatic rings. The Balaban J connectivity index is 1.59. The van der Waals surface area contributed by atoms with E-state index < -0.39 is 0 Å². The van der Waals surface area contributed by atoms with E-state index in [4.69, 9.17) is 0 Å². The summed E-state index contributed by atoms with van der Waals surface area (Å²) in [6.45, 7) is 13.7. The average molecular weight is 1020 g/mol. The first-order chi connectivity index (χ1) is 36.2. The van der Waals surface area contributed by atoms with Gasteiger partial charge in [0.15, 0.2) is 0 Å². The van der Waals surface area contributed by atoms with Gasteiger partial charge in [-0.25, -0.2) is 0 Å². The Labute approximate surface area is 457 Å².